The number of fused-ring (bicyclic) bond motifs is 1. The first kappa shape index (κ1) is 20.3. The van der Waals surface area contributed by atoms with Gasteiger partial charge in [-0.2, -0.15) is 0 Å². The first-order valence-corrected chi connectivity index (χ1v) is 10.4. The van der Waals surface area contributed by atoms with E-state index in [1.807, 2.05) is 0 Å². The van der Waals surface area contributed by atoms with Gasteiger partial charge in [0.1, 0.15) is 23.7 Å². The van der Waals surface area contributed by atoms with Crippen molar-refractivity contribution >= 4 is 51.2 Å². The summed E-state index contributed by atoms with van der Waals surface area (Å²) in [5, 5.41) is 13.4. The molecule has 0 saturated carbocycles. The normalized spacial score (nSPS) is 20.9. The average molecular weight is 470 g/mol. The smallest absolute Gasteiger partial charge is 0.355 e. The van der Waals surface area contributed by atoms with Crippen LogP contribution in [-0.4, -0.2) is 50.1 Å². The number of ether oxygens (including phenoxy) is 1. The van der Waals surface area contributed by atoms with Crippen molar-refractivity contribution in [3.05, 3.63) is 51.2 Å². The van der Waals surface area contributed by atoms with Crippen LogP contribution < -0.4 is 5.32 Å². The van der Waals surface area contributed by atoms with Crippen molar-refractivity contribution in [1.29, 1.82) is 0 Å². The second kappa shape index (κ2) is 8.31. The molecule has 1 saturated heterocycles. The third kappa shape index (κ3) is 3.90. The monoisotopic (exact) mass is 469 g/mol. The Morgan fingerprint density at radius 1 is 1.39 bits per heavy atom. The SMILES string of the molecule is CC(=O)NC1C(=O)N2C(C(=O)OCc3ccc([N+](=O)[O-])cc3)=C(CBr)CS[C@H]12. The average Bonchev–Trinajstić information content (AvgIpc) is 2.69. The summed E-state index contributed by atoms with van der Waals surface area (Å²) in [6.07, 6.45) is 0. The maximum Gasteiger partial charge on any atom is 0.355 e. The summed E-state index contributed by atoms with van der Waals surface area (Å²) in [5.41, 5.74) is 1.45. The molecule has 0 radical (unpaired) electrons. The highest BCUT2D eigenvalue weighted by Gasteiger charge is 2.54. The number of β-lactam (4-membered cyclic amide) rings is 1. The highest BCUT2D eigenvalue weighted by atomic mass is 79.9. The largest absolute Gasteiger partial charge is 0.456 e. The number of non-ortho nitro benzene ring substituents is 1. The lowest BCUT2D eigenvalue weighted by molar-refractivity contribution is -0.384. The molecule has 0 aliphatic carbocycles. The minimum atomic E-state index is -0.656. The van der Waals surface area contributed by atoms with E-state index in [-0.39, 0.29) is 35.2 Å². The molecule has 0 spiro atoms. The minimum Gasteiger partial charge on any atom is -0.456 e. The van der Waals surface area contributed by atoms with E-state index in [1.54, 1.807) is 0 Å². The molecular formula is C17H16BrN3O6S. The van der Waals surface area contributed by atoms with E-state index in [4.69, 9.17) is 4.74 Å². The maximum absolute atomic E-state index is 12.7. The maximum atomic E-state index is 12.7. The lowest BCUT2D eigenvalue weighted by Crippen LogP contribution is -2.70. The Morgan fingerprint density at radius 3 is 2.64 bits per heavy atom. The Balaban J connectivity index is 1.72. The number of carbonyl (C=O) groups is 3. The number of benzene rings is 1. The number of carbonyl (C=O) groups excluding carboxylic acids is 3. The van der Waals surface area contributed by atoms with Crippen molar-refractivity contribution in [1.82, 2.24) is 10.2 Å². The number of nitro benzene ring substituents is 1. The number of thioether (sulfide) groups is 1. The Bertz CT molecular complexity index is 872. The number of hydrogen-bond donors (Lipinski definition) is 1. The van der Waals surface area contributed by atoms with Gasteiger partial charge in [-0.25, -0.2) is 4.79 Å². The molecule has 1 aromatic rings. The lowest BCUT2D eigenvalue weighted by Gasteiger charge is -2.49. The van der Waals surface area contributed by atoms with Crippen LogP contribution in [0, 0.1) is 10.1 Å². The summed E-state index contributed by atoms with van der Waals surface area (Å²) >= 11 is 4.80. The summed E-state index contributed by atoms with van der Waals surface area (Å²) in [5.74, 6) is -0.783. The highest BCUT2D eigenvalue weighted by molar-refractivity contribution is 9.09. The second-order valence-corrected chi connectivity index (χ2v) is 7.84. The van der Waals surface area contributed by atoms with Crippen LogP contribution in [0.2, 0.25) is 0 Å². The molecule has 2 heterocycles. The van der Waals surface area contributed by atoms with Crippen molar-refractivity contribution < 1.29 is 24.0 Å². The molecular weight excluding hydrogens is 454 g/mol. The summed E-state index contributed by atoms with van der Waals surface area (Å²) in [7, 11) is 0. The topological polar surface area (TPSA) is 119 Å². The molecule has 28 heavy (non-hydrogen) atoms. The van der Waals surface area contributed by atoms with Gasteiger partial charge in [-0.15, -0.1) is 11.8 Å². The van der Waals surface area contributed by atoms with Crippen molar-refractivity contribution in [2.75, 3.05) is 11.1 Å². The molecule has 1 fully saturated rings. The highest BCUT2D eigenvalue weighted by Crippen LogP contribution is 2.41. The van der Waals surface area contributed by atoms with Crippen LogP contribution in [-0.2, 0) is 25.7 Å². The fraction of sp³-hybridized carbons (Fsp3) is 0.353. The summed E-state index contributed by atoms with van der Waals surface area (Å²) in [4.78, 5) is 48.0. The molecule has 2 amide bonds. The first-order chi connectivity index (χ1) is 13.3. The summed E-state index contributed by atoms with van der Waals surface area (Å²) in [6.45, 7) is 1.26. The molecule has 0 aromatic heterocycles. The Labute approximate surface area is 172 Å². The van der Waals surface area contributed by atoms with E-state index in [9.17, 15) is 24.5 Å². The Kier molecular flexibility index (Phi) is 6.04. The van der Waals surface area contributed by atoms with Gasteiger partial charge in [0.15, 0.2) is 0 Å². The lowest BCUT2D eigenvalue weighted by atomic mass is 10.0. The van der Waals surface area contributed by atoms with Crippen LogP contribution in [0.25, 0.3) is 0 Å². The van der Waals surface area contributed by atoms with Crippen molar-refractivity contribution in [3.63, 3.8) is 0 Å². The third-order valence-electron chi connectivity index (χ3n) is 4.28. The van der Waals surface area contributed by atoms with Gasteiger partial charge in [0.05, 0.1) is 4.92 Å². The van der Waals surface area contributed by atoms with Crippen LogP contribution in [0.15, 0.2) is 35.5 Å². The molecule has 1 aromatic carbocycles. The zero-order chi connectivity index (χ0) is 20.4. The number of amides is 2. The molecule has 1 N–H and O–H groups in total. The van der Waals surface area contributed by atoms with Crippen molar-refractivity contribution in [2.24, 2.45) is 0 Å². The van der Waals surface area contributed by atoms with E-state index in [1.165, 1.54) is 47.9 Å². The molecule has 2 aliphatic heterocycles. The number of halogens is 1. The molecule has 3 rings (SSSR count). The van der Waals surface area contributed by atoms with Gasteiger partial charge >= 0.3 is 5.97 Å². The molecule has 9 nitrogen and oxygen atoms in total. The summed E-state index contributed by atoms with van der Waals surface area (Å²) in [6, 6.07) is 5.02. The van der Waals surface area contributed by atoms with Crippen LogP contribution in [0.1, 0.15) is 12.5 Å². The van der Waals surface area contributed by atoms with Gasteiger partial charge in [0.25, 0.3) is 11.6 Å². The number of nitro groups is 1. The Hall–Kier alpha value is -2.40. The zero-order valence-corrected chi connectivity index (χ0v) is 17.1. The van der Waals surface area contributed by atoms with E-state index in [0.29, 0.717) is 16.6 Å². The standard InChI is InChI=1S/C17H16BrN3O6S/c1-9(22)19-13-15(23)20-14(11(6-18)8-28-16(13)20)17(24)27-7-10-2-4-12(5-3-10)21(25)26/h2-5,13,16H,6-8H2,1H3,(H,19,22)/t13?,16-/m1/s1. The number of esters is 1. The van der Waals surface area contributed by atoms with Gasteiger partial charge in [0.2, 0.25) is 5.91 Å². The van der Waals surface area contributed by atoms with Crippen LogP contribution in [0.5, 0.6) is 0 Å². The quantitative estimate of drug-likeness (QED) is 0.221. The van der Waals surface area contributed by atoms with Crippen molar-refractivity contribution in [2.45, 2.75) is 24.9 Å². The number of hydrogen-bond acceptors (Lipinski definition) is 7. The molecule has 2 aliphatic rings. The van der Waals surface area contributed by atoms with Gasteiger partial charge in [-0.1, -0.05) is 15.9 Å². The van der Waals surface area contributed by atoms with Crippen molar-refractivity contribution in [3.8, 4) is 0 Å². The fourth-order valence-corrected chi connectivity index (χ4v) is 5.00. The molecule has 0 bridgehead atoms. The van der Waals surface area contributed by atoms with Gasteiger partial charge in [0, 0.05) is 30.1 Å². The number of nitrogens with zero attached hydrogens (tertiary/aromatic N) is 2. The van der Waals surface area contributed by atoms with E-state index in [0.717, 1.165) is 5.57 Å². The predicted octanol–water partition coefficient (Wildman–Crippen LogP) is 1.71. The number of rotatable bonds is 6. The van der Waals surface area contributed by atoms with Gasteiger partial charge < -0.3 is 10.1 Å². The van der Waals surface area contributed by atoms with Crippen LogP contribution >= 0.6 is 27.7 Å². The van der Waals surface area contributed by atoms with E-state index >= 15 is 0 Å². The van der Waals surface area contributed by atoms with Gasteiger partial charge in [-0.05, 0) is 23.3 Å². The molecule has 1 unspecified atom stereocenters. The molecule has 11 heteroatoms. The predicted molar refractivity (Wildman–Crippen MR) is 104 cm³/mol. The van der Waals surface area contributed by atoms with Gasteiger partial charge in [-0.3, -0.25) is 24.6 Å². The number of alkyl halides is 1. The van der Waals surface area contributed by atoms with E-state index < -0.39 is 16.9 Å². The van der Waals surface area contributed by atoms with Crippen LogP contribution in [0.4, 0.5) is 5.69 Å². The number of nitrogens with one attached hydrogen (secondary N) is 1. The fourth-order valence-electron chi connectivity index (χ4n) is 2.92. The zero-order valence-electron chi connectivity index (χ0n) is 14.7. The van der Waals surface area contributed by atoms with E-state index in [2.05, 4.69) is 21.2 Å². The summed E-state index contributed by atoms with van der Waals surface area (Å²) < 4.78 is 5.34. The van der Waals surface area contributed by atoms with Crippen LogP contribution in [0.3, 0.4) is 0 Å². The molecule has 148 valence electrons. The molecule has 2 atom stereocenters. The Morgan fingerprint density at radius 2 is 2.07 bits per heavy atom. The third-order valence-corrected chi connectivity index (χ3v) is 6.29. The second-order valence-electron chi connectivity index (χ2n) is 6.17. The minimum absolute atomic E-state index is 0.0540. The first-order valence-electron chi connectivity index (χ1n) is 8.23.